The number of hydrogen-bond donors (Lipinski definition) is 1. The van der Waals surface area contributed by atoms with Gasteiger partial charge in [-0.1, -0.05) is 42.5 Å². The molecule has 1 aliphatic rings. The SMILES string of the molecule is COc1ccccc1NC(=O)[C@H]1CCCN(c2ncc(-c3ccccc3)cn2)C1. The smallest absolute Gasteiger partial charge is 0.229 e. The predicted molar refractivity (Wildman–Crippen MR) is 114 cm³/mol. The second-order valence-electron chi connectivity index (χ2n) is 7.11. The number of para-hydroxylation sites is 2. The van der Waals surface area contributed by atoms with Crippen molar-refractivity contribution in [1.82, 2.24) is 9.97 Å². The van der Waals surface area contributed by atoms with Crippen LogP contribution in [0, 0.1) is 5.92 Å². The van der Waals surface area contributed by atoms with Gasteiger partial charge in [-0.15, -0.1) is 0 Å². The second-order valence-corrected chi connectivity index (χ2v) is 7.11. The average molecular weight is 388 g/mol. The molecule has 6 nitrogen and oxygen atoms in total. The molecule has 1 amide bonds. The van der Waals surface area contributed by atoms with Gasteiger partial charge in [0.05, 0.1) is 18.7 Å². The van der Waals surface area contributed by atoms with E-state index < -0.39 is 0 Å². The first-order valence-electron chi connectivity index (χ1n) is 9.81. The van der Waals surface area contributed by atoms with Gasteiger partial charge in [0, 0.05) is 31.0 Å². The molecular formula is C23H24N4O2. The lowest BCUT2D eigenvalue weighted by molar-refractivity contribution is -0.120. The van der Waals surface area contributed by atoms with E-state index in [0.29, 0.717) is 23.9 Å². The zero-order valence-corrected chi connectivity index (χ0v) is 16.4. The van der Waals surface area contributed by atoms with Gasteiger partial charge in [0.25, 0.3) is 0 Å². The quantitative estimate of drug-likeness (QED) is 0.715. The van der Waals surface area contributed by atoms with E-state index in [4.69, 9.17) is 4.74 Å². The minimum absolute atomic E-state index is 0.0000979. The monoisotopic (exact) mass is 388 g/mol. The van der Waals surface area contributed by atoms with Gasteiger partial charge in [0.15, 0.2) is 0 Å². The molecular weight excluding hydrogens is 364 g/mol. The normalized spacial score (nSPS) is 16.3. The number of anilines is 2. The molecule has 1 saturated heterocycles. The number of hydrogen-bond acceptors (Lipinski definition) is 5. The van der Waals surface area contributed by atoms with Gasteiger partial charge in [-0.3, -0.25) is 4.79 Å². The maximum absolute atomic E-state index is 12.8. The maximum Gasteiger partial charge on any atom is 0.229 e. The number of aromatic nitrogens is 2. The number of amides is 1. The van der Waals surface area contributed by atoms with Crippen molar-refractivity contribution in [3.05, 3.63) is 67.0 Å². The van der Waals surface area contributed by atoms with Crippen LogP contribution in [0.4, 0.5) is 11.6 Å². The molecule has 0 aliphatic carbocycles. The molecule has 0 bridgehead atoms. The first-order chi connectivity index (χ1) is 14.2. The van der Waals surface area contributed by atoms with E-state index in [1.54, 1.807) is 7.11 Å². The Bertz CT molecular complexity index is 960. The molecule has 1 aromatic heterocycles. The lowest BCUT2D eigenvalue weighted by Gasteiger charge is -2.32. The molecule has 3 aromatic rings. The van der Waals surface area contributed by atoms with Crippen LogP contribution in [0.5, 0.6) is 5.75 Å². The minimum Gasteiger partial charge on any atom is -0.495 e. The van der Waals surface area contributed by atoms with Crippen LogP contribution < -0.4 is 15.0 Å². The molecule has 1 fully saturated rings. The lowest BCUT2D eigenvalue weighted by Crippen LogP contribution is -2.41. The van der Waals surface area contributed by atoms with E-state index in [9.17, 15) is 4.79 Å². The summed E-state index contributed by atoms with van der Waals surface area (Å²) in [5.74, 6) is 1.21. The fraction of sp³-hybridized carbons (Fsp3) is 0.261. The van der Waals surface area contributed by atoms with Crippen molar-refractivity contribution in [2.24, 2.45) is 5.92 Å². The van der Waals surface area contributed by atoms with Crippen LogP contribution in [0.25, 0.3) is 11.1 Å². The number of piperidine rings is 1. The van der Waals surface area contributed by atoms with Crippen LogP contribution in [0.2, 0.25) is 0 Å². The van der Waals surface area contributed by atoms with Crippen molar-refractivity contribution < 1.29 is 9.53 Å². The number of nitrogens with one attached hydrogen (secondary N) is 1. The highest BCUT2D eigenvalue weighted by molar-refractivity contribution is 5.94. The summed E-state index contributed by atoms with van der Waals surface area (Å²) in [5, 5.41) is 3.00. The van der Waals surface area contributed by atoms with Crippen molar-refractivity contribution in [3.63, 3.8) is 0 Å². The summed E-state index contributed by atoms with van der Waals surface area (Å²) in [6, 6.07) is 17.5. The van der Waals surface area contributed by atoms with E-state index >= 15 is 0 Å². The summed E-state index contributed by atoms with van der Waals surface area (Å²) in [5.41, 5.74) is 2.77. The largest absolute Gasteiger partial charge is 0.495 e. The van der Waals surface area contributed by atoms with Gasteiger partial charge in [-0.05, 0) is 30.5 Å². The van der Waals surface area contributed by atoms with Gasteiger partial charge in [0.1, 0.15) is 5.75 Å². The number of carbonyl (C=O) groups is 1. The van der Waals surface area contributed by atoms with Gasteiger partial charge < -0.3 is 15.0 Å². The van der Waals surface area contributed by atoms with E-state index in [1.807, 2.05) is 67.0 Å². The Hall–Kier alpha value is -3.41. The van der Waals surface area contributed by atoms with Gasteiger partial charge >= 0.3 is 0 Å². The fourth-order valence-corrected chi connectivity index (χ4v) is 3.62. The third kappa shape index (κ3) is 4.37. The second kappa shape index (κ2) is 8.73. The highest BCUT2D eigenvalue weighted by atomic mass is 16.5. The predicted octanol–water partition coefficient (Wildman–Crippen LogP) is 4.01. The van der Waals surface area contributed by atoms with Crippen LogP contribution >= 0.6 is 0 Å². The molecule has 0 spiro atoms. The number of benzene rings is 2. The first-order valence-corrected chi connectivity index (χ1v) is 9.81. The molecule has 0 saturated carbocycles. The zero-order valence-electron chi connectivity index (χ0n) is 16.4. The lowest BCUT2D eigenvalue weighted by atomic mass is 9.97. The van der Waals surface area contributed by atoms with Crippen molar-refractivity contribution in [2.45, 2.75) is 12.8 Å². The molecule has 0 unspecified atom stereocenters. The summed E-state index contributed by atoms with van der Waals surface area (Å²) in [4.78, 5) is 24.0. The number of methoxy groups -OCH3 is 1. The average Bonchev–Trinajstić information content (AvgIpc) is 2.80. The van der Waals surface area contributed by atoms with E-state index in [-0.39, 0.29) is 11.8 Å². The van der Waals surface area contributed by atoms with Gasteiger partial charge in [0.2, 0.25) is 11.9 Å². The Kier molecular flexibility index (Phi) is 5.70. The number of ether oxygens (including phenoxy) is 1. The molecule has 29 heavy (non-hydrogen) atoms. The third-order valence-corrected chi connectivity index (χ3v) is 5.19. The summed E-state index contributed by atoms with van der Waals surface area (Å²) < 4.78 is 5.33. The summed E-state index contributed by atoms with van der Waals surface area (Å²) in [7, 11) is 1.60. The van der Waals surface area contributed by atoms with E-state index in [1.165, 1.54) is 0 Å². The molecule has 1 N–H and O–H groups in total. The fourth-order valence-electron chi connectivity index (χ4n) is 3.62. The number of rotatable bonds is 5. The van der Waals surface area contributed by atoms with Crippen LogP contribution in [0.15, 0.2) is 67.0 Å². The van der Waals surface area contributed by atoms with Gasteiger partial charge in [-0.2, -0.15) is 0 Å². The molecule has 2 heterocycles. The van der Waals surface area contributed by atoms with Crippen molar-refractivity contribution in [3.8, 4) is 16.9 Å². The highest BCUT2D eigenvalue weighted by Gasteiger charge is 2.27. The van der Waals surface area contributed by atoms with Crippen molar-refractivity contribution in [2.75, 3.05) is 30.4 Å². The van der Waals surface area contributed by atoms with Crippen LogP contribution in [-0.2, 0) is 4.79 Å². The Labute approximate surface area is 170 Å². The molecule has 4 rings (SSSR count). The van der Waals surface area contributed by atoms with Crippen LogP contribution in [-0.4, -0.2) is 36.1 Å². The zero-order chi connectivity index (χ0) is 20.1. The van der Waals surface area contributed by atoms with Crippen molar-refractivity contribution in [1.29, 1.82) is 0 Å². The van der Waals surface area contributed by atoms with E-state index in [0.717, 1.165) is 30.5 Å². The topological polar surface area (TPSA) is 67.3 Å². The Morgan fingerprint density at radius 3 is 2.52 bits per heavy atom. The standard InChI is InChI=1S/C23H24N4O2/c1-29-21-12-6-5-11-20(21)26-22(28)18-10-7-13-27(16-18)23-24-14-19(15-25-23)17-8-3-2-4-9-17/h2-6,8-9,11-12,14-15,18H,7,10,13,16H2,1H3,(H,26,28)/t18-/m0/s1. The van der Waals surface area contributed by atoms with Crippen LogP contribution in [0.1, 0.15) is 12.8 Å². The molecule has 6 heteroatoms. The number of carbonyl (C=O) groups excluding carboxylic acids is 1. The van der Waals surface area contributed by atoms with Gasteiger partial charge in [-0.25, -0.2) is 9.97 Å². The molecule has 148 valence electrons. The molecule has 2 aromatic carbocycles. The van der Waals surface area contributed by atoms with Crippen LogP contribution in [0.3, 0.4) is 0 Å². The molecule has 1 atom stereocenters. The molecule has 1 aliphatic heterocycles. The maximum atomic E-state index is 12.8. The first kappa shape index (κ1) is 18.9. The van der Waals surface area contributed by atoms with E-state index in [2.05, 4.69) is 20.2 Å². The summed E-state index contributed by atoms with van der Waals surface area (Å²) in [6.07, 6.45) is 5.46. The Morgan fingerprint density at radius 2 is 1.76 bits per heavy atom. The minimum atomic E-state index is -0.119. The third-order valence-electron chi connectivity index (χ3n) is 5.19. The Balaban J connectivity index is 1.43. The number of nitrogens with zero attached hydrogens (tertiary/aromatic N) is 3. The highest BCUT2D eigenvalue weighted by Crippen LogP contribution is 2.27. The Morgan fingerprint density at radius 1 is 1.03 bits per heavy atom. The summed E-state index contributed by atoms with van der Waals surface area (Å²) in [6.45, 7) is 1.45. The summed E-state index contributed by atoms with van der Waals surface area (Å²) >= 11 is 0. The van der Waals surface area contributed by atoms with Crippen molar-refractivity contribution >= 4 is 17.5 Å². The molecule has 0 radical (unpaired) electrons.